The standard InChI is InChI=1S/C43H48N12O5S3/c1-8-54(9-2)34-21-31(30(45)20-36(34)59-6)46-41-48-42(50-43(49-41)61-25-27-15-13-12-14-16-27)47-32-22-35(55(10-3)11-4)37(60-7)23-33(32)51-52-40-29(24-44)39(53-62-40)28-18-17-26(5)38(19-28)63(56,57)58/h12-23H,8-11,25,45H2,1-7H3,(H,56,57,58)(H2,46,47,48,49,50). The molecule has 0 radical (unpaired) electrons. The highest BCUT2D eigenvalue weighted by molar-refractivity contribution is 7.98. The smallest absolute Gasteiger partial charge is 0.294 e. The number of ether oxygens (including phenoxy) is 2. The molecule has 6 rings (SSSR count). The van der Waals surface area contributed by atoms with Crippen molar-refractivity contribution < 1.29 is 22.4 Å². The summed E-state index contributed by atoms with van der Waals surface area (Å²) in [6, 6.07) is 23.8. The molecule has 63 heavy (non-hydrogen) atoms. The van der Waals surface area contributed by atoms with E-state index >= 15 is 0 Å². The van der Waals surface area contributed by atoms with Crippen LogP contribution in [0.5, 0.6) is 11.5 Å². The Kier molecular flexibility index (Phi) is 15.0. The summed E-state index contributed by atoms with van der Waals surface area (Å²) in [4.78, 5) is 18.4. The second-order valence-electron chi connectivity index (χ2n) is 13.8. The third-order valence-corrected chi connectivity index (χ3v) is 12.6. The van der Waals surface area contributed by atoms with Crippen LogP contribution in [0.4, 0.5) is 51.0 Å². The maximum absolute atomic E-state index is 12.1. The number of hydrogen-bond acceptors (Lipinski definition) is 18. The molecule has 17 nitrogen and oxygen atoms in total. The number of aryl methyl sites for hydroxylation is 1. The highest BCUT2D eigenvalue weighted by atomic mass is 32.2. The SMILES string of the molecule is CCN(CC)c1cc(Nc2nc(Nc3cc(N(CC)CC)c(OC)cc3N=Nc3snc(-c4ccc(C)c(S(=O)(=O)O)c4)c3C#N)nc(SCc3ccccc3)n2)c(N)cc1OC. The second-order valence-corrected chi connectivity index (χ2v) is 16.8. The number of rotatable bonds is 19. The fraction of sp³-hybridized carbons (Fsp3) is 0.279. The molecule has 6 aromatic rings. The van der Waals surface area contributed by atoms with Gasteiger partial charge >= 0.3 is 0 Å². The van der Waals surface area contributed by atoms with Crippen molar-refractivity contribution in [1.29, 1.82) is 5.26 Å². The van der Waals surface area contributed by atoms with Gasteiger partial charge in [-0.2, -0.15) is 33.0 Å². The molecule has 0 saturated carbocycles. The summed E-state index contributed by atoms with van der Waals surface area (Å²) >= 11 is 2.35. The number of thioether (sulfide) groups is 1. The Morgan fingerprint density at radius 2 is 1.44 bits per heavy atom. The number of methoxy groups -OCH3 is 2. The Morgan fingerprint density at radius 3 is 2.03 bits per heavy atom. The maximum atomic E-state index is 12.1. The number of nitrogen functional groups attached to an aromatic ring is 1. The molecule has 328 valence electrons. The lowest BCUT2D eigenvalue weighted by atomic mass is 10.1. The third-order valence-electron chi connectivity index (χ3n) is 9.95. The quantitative estimate of drug-likeness (QED) is 0.0256. The van der Waals surface area contributed by atoms with Crippen molar-refractivity contribution in [3.8, 4) is 28.8 Å². The number of nitrogens with two attached hydrogens (primary N) is 1. The summed E-state index contributed by atoms with van der Waals surface area (Å²) in [6.07, 6.45) is 0. The predicted octanol–water partition coefficient (Wildman–Crippen LogP) is 9.91. The van der Waals surface area contributed by atoms with Crippen LogP contribution < -0.4 is 35.6 Å². The molecule has 0 spiro atoms. The van der Waals surface area contributed by atoms with Crippen LogP contribution in [0.3, 0.4) is 0 Å². The van der Waals surface area contributed by atoms with Crippen LogP contribution in [0.1, 0.15) is 44.4 Å². The minimum Gasteiger partial charge on any atom is -0.495 e. The van der Waals surface area contributed by atoms with Gasteiger partial charge in [-0.05, 0) is 75.5 Å². The number of benzene rings is 4. The lowest BCUT2D eigenvalue weighted by molar-refractivity contribution is 0.414. The van der Waals surface area contributed by atoms with Crippen molar-refractivity contribution in [3.63, 3.8) is 0 Å². The van der Waals surface area contributed by atoms with Crippen LogP contribution in [0, 0.1) is 18.3 Å². The second kappa shape index (κ2) is 20.6. The highest BCUT2D eigenvalue weighted by Gasteiger charge is 2.22. The molecular weight excluding hydrogens is 861 g/mol. The van der Waals surface area contributed by atoms with Gasteiger partial charge in [0.2, 0.25) is 11.9 Å². The summed E-state index contributed by atoms with van der Waals surface area (Å²) in [5, 5.41) is 26.6. The van der Waals surface area contributed by atoms with E-state index in [1.54, 1.807) is 39.3 Å². The molecule has 0 unspecified atom stereocenters. The van der Waals surface area contributed by atoms with E-state index in [0.717, 1.165) is 41.6 Å². The number of hydrogen-bond donors (Lipinski definition) is 4. The van der Waals surface area contributed by atoms with Crippen LogP contribution in [-0.4, -0.2) is 72.7 Å². The Bertz CT molecular complexity index is 2760. The lowest BCUT2D eigenvalue weighted by Gasteiger charge is -2.25. The number of nitriles is 1. The van der Waals surface area contributed by atoms with E-state index in [9.17, 15) is 18.2 Å². The van der Waals surface area contributed by atoms with Crippen LogP contribution in [0.2, 0.25) is 0 Å². The van der Waals surface area contributed by atoms with Gasteiger partial charge in [0.05, 0.1) is 47.6 Å². The van der Waals surface area contributed by atoms with Crippen molar-refractivity contribution in [2.45, 2.75) is 50.4 Å². The Labute approximate surface area is 375 Å². The monoisotopic (exact) mass is 908 g/mol. The third kappa shape index (κ3) is 10.7. The van der Waals surface area contributed by atoms with Crippen molar-refractivity contribution >= 4 is 84.4 Å². The van der Waals surface area contributed by atoms with Crippen LogP contribution in [0.25, 0.3) is 11.3 Å². The average molecular weight is 909 g/mol. The molecule has 0 aliphatic heterocycles. The highest BCUT2D eigenvalue weighted by Crippen LogP contribution is 2.43. The first-order valence-corrected chi connectivity index (χ1v) is 23.1. The number of nitrogens with zero attached hydrogens (tertiary/aromatic N) is 9. The normalized spacial score (nSPS) is 11.3. The molecule has 0 fully saturated rings. The first-order chi connectivity index (χ1) is 30.3. The number of anilines is 7. The molecule has 4 aromatic carbocycles. The van der Waals surface area contributed by atoms with Crippen LogP contribution in [-0.2, 0) is 15.9 Å². The van der Waals surface area contributed by atoms with Gasteiger partial charge in [0.15, 0.2) is 10.2 Å². The maximum Gasteiger partial charge on any atom is 0.294 e. The molecule has 0 bridgehead atoms. The average Bonchev–Trinajstić information content (AvgIpc) is 3.70. The zero-order chi connectivity index (χ0) is 45.3. The van der Waals surface area contributed by atoms with Crippen LogP contribution in [0.15, 0.2) is 93.1 Å². The molecule has 2 aromatic heterocycles. The minimum absolute atomic E-state index is 0.0744. The first-order valence-electron chi connectivity index (χ1n) is 19.9. The van der Waals surface area contributed by atoms with E-state index in [0.29, 0.717) is 69.4 Å². The molecule has 0 aliphatic carbocycles. The predicted molar refractivity (Wildman–Crippen MR) is 251 cm³/mol. The lowest BCUT2D eigenvalue weighted by Crippen LogP contribution is -2.22. The van der Waals surface area contributed by atoms with E-state index < -0.39 is 10.1 Å². The van der Waals surface area contributed by atoms with Crippen LogP contribution >= 0.6 is 23.3 Å². The van der Waals surface area contributed by atoms with Gasteiger partial charge in [-0.15, -0.1) is 10.2 Å². The number of aromatic nitrogens is 4. The Balaban J connectivity index is 1.45. The largest absolute Gasteiger partial charge is 0.495 e. The number of azo groups is 1. The molecular formula is C43H48N12O5S3. The Morgan fingerprint density at radius 1 is 0.841 bits per heavy atom. The molecule has 2 heterocycles. The fourth-order valence-corrected chi connectivity index (χ4v) is 8.88. The van der Waals surface area contributed by atoms with Gasteiger partial charge in [-0.1, -0.05) is 54.2 Å². The zero-order valence-corrected chi connectivity index (χ0v) is 38.3. The summed E-state index contributed by atoms with van der Waals surface area (Å²) in [5.74, 6) is 2.18. The van der Waals surface area contributed by atoms with E-state index in [2.05, 4.69) is 55.0 Å². The van der Waals surface area contributed by atoms with E-state index in [-0.39, 0.29) is 33.1 Å². The zero-order valence-electron chi connectivity index (χ0n) is 35.9. The number of nitrogens with one attached hydrogen (secondary N) is 2. The molecule has 0 saturated heterocycles. The van der Waals surface area contributed by atoms with Gasteiger partial charge in [0.25, 0.3) is 10.1 Å². The summed E-state index contributed by atoms with van der Waals surface area (Å²) in [6.45, 7) is 12.6. The fourth-order valence-electron chi connectivity index (χ4n) is 6.65. The first kappa shape index (κ1) is 46.0. The van der Waals surface area contributed by atoms with E-state index in [4.69, 9.17) is 30.2 Å². The summed E-state index contributed by atoms with van der Waals surface area (Å²) in [5.41, 5.74) is 12.0. The molecule has 5 N–H and O–H groups in total. The minimum atomic E-state index is -4.53. The topological polar surface area (TPSA) is 229 Å². The van der Waals surface area contributed by atoms with E-state index in [1.165, 1.54) is 23.9 Å². The molecule has 0 aliphatic rings. The van der Waals surface area contributed by atoms with Gasteiger partial charge in [-0.25, -0.2) is 0 Å². The van der Waals surface area contributed by atoms with Gasteiger partial charge in [0, 0.05) is 49.6 Å². The molecule has 20 heteroatoms. The van der Waals surface area contributed by atoms with E-state index in [1.807, 2.05) is 56.3 Å². The van der Waals surface area contributed by atoms with Gasteiger partial charge in [0.1, 0.15) is 34.5 Å². The van der Waals surface area contributed by atoms with Crippen molar-refractivity contribution in [2.75, 3.05) is 66.6 Å². The summed E-state index contributed by atoms with van der Waals surface area (Å²) in [7, 11) is -1.35. The van der Waals surface area contributed by atoms with Crippen molar-refractivity contribution in [1.82, 2.24) is 19.3 Å². The molecule has 0 atom stereocenters. The van der Waals surface area contributed by atoms with Crippen molar-refractivity contribution in [2.24, 2.45) is 10.2 Å². The van der Waals surface area contributed by atoms with Gasteiger partial charge < -0.3 is 35.6 Å². The Hall–Kier alpha value is -6.53. The summed E-state index contributed by atoms with van der Waals surface area (Å²) < 4.78 is 49.9. The van der Waals surface area contributed by atoms with Crippen molar-refractivity contribution in [3.05, 3.63) is 89.5 Å². The molecule has 0 amide bonds. The van der Waals surface area contributed by atoms with Gasteiger partial charge in [-0.3, -0.25) is 4.55 Å².